The second-order valence-electron chi connectivity index (χ2n) is 6.28. The van der Waals surface area contributed by atoms with Gasteiger partial charge in [-0.25, -0.2) is 4.39 Å². The van der Waals surface area contributed by atoms with E-state index in [2.05, 4.69) is 6.07 Å². The van der Waals surface area contributed by atoms with Crippen molar-refractivity contribution in [2.45, 2.75) is 19.8 Å². The Bertz CT molecular complexity index is 792. The minimum atomic E-state index is -0.271. The largest absolute Gasteiger partial charge is 0.337 e. The monoisotopic (exact) mass is 322 g/mol. The van der Waals surface area contributed by atoms with E-state index < -0.39 is 0 Å². The van der Waals surface area contributed by atoms with Gasteiger partial charge in [-0.05, 0) is 49.6 Å². The minimum absolute atomic E-state index is 0.0637. The van der Waals surface area contributed by atoms with Crippen LogP contribution in [0.2, 0.25) is 0 Å². The normalized spacial score (nSPS) is 17.4. The van der Waals surface area contributed by atoms with Crippen LogP contribution in [0.5, 0.6) is 0 Å². The zero-order chi connectivity index (χ0) is 17.1. The van der Waals surface area contributed by atoms with Crippen LogP contribution in [-0.2, 0) is 0 Å². The van der Waals surface area contributed by atoms with E-state index in [1.165, 1.54) is 6.07 Å². The molecule has 0 aliphatic carbocycles. The molecule has 0 spiro atoms. The summed E-state index contributed by atoms with van der Waals surface area (Å²) in [7, 11) is 0. The summed E-state index contributed by atoms with van der Waals surface area (Å²) in [5.41, 5.74) is 2.85. The van der Waals surface area contributed by atoms with Gasteiger partial charge in [0.05, 0.1) is 12.0 Å². The molecule has 1 atom stereocenters. The maximum absolute atomic E-state index is 14.0. The zero-order valence-electron chi connectivity index (χ0n) is 13.6. The standard InChI is InChI=1S/C20H19FN2O/c1-14-4-9-19(21)18(11-14)16-5-7-17(8-6-16)20(24)23-10-2-3-15(12-22)13-23/h4-9,11,15H,2-3,10,13H2,1H3/t15-/m1/s1. The molecule has 0 aromatic heterocycles. The maximum atomic E-state index is 14.0. The van der Waals surface area contributed by atoms with Gasteiger partial charge in [-0.1, -0.05) is 23.8 Å². The van der Waals surface area contributed by atoms with E-state index in [1.54, 1.807) is 41.3 Å². The molecule has 1 fully saturated rings. The molecule has 122 valence electrons. The fraction of sp³-hybridized carbons (Fsp3) is 0.300. The number of amides is 1. The first-order valence-corrected chi connectivity index (χ1v) is 8.14. The van der Waals surface area contributed by atoms with E-state index in [9.17, 15) is 9.18 Å². The summed E-state index contributed by atoms with van der Waals surface area (Å²) in [5, 5.41) is 9.05. The predicted molar refractivity (Wildman–Crippen MR) is 90.8 cm³/mol. The number of aryl methyl sites for hydroxylation is 1. The van der Waals surface area contributed by atoms with Gasteiger partial charge >= 0.3 is 0 Å². The molecule has 2 aromatic carbocycles. The number of likely N-dealkylation sites (tertiary alicyclic amines) is 1. The molecule has 1 aliphatic heterocycles. The van der Waals surface area contributed by atoms with Crippen molar-refractivity contribution < 1.29 is 9.18 Å². The summed E-state index contributed by atoms with van der Waals surface area (Å²) in [6.45, 7) is 3.09. The Hall–Kier alpha value is -2.67. The Labute approximate surface area is 141 Å². The number of carbonyl (C=O) groups is 1. The van der Waals surface area contributed by atoms with Crippen LogP contribution in [0.25, 0.3) is 11.1 Å². The van der Waals surface area contributed by atoms with Crippen molar-refractivity contribution in [3.8, 4) is 17.2 Å². The van der Waals surface area contributed by atoms with Crippen molar-refractivity contribution in [3.05, 3.63) is 59.4 Å². The highest BCUT2D eigenvalue weighted by atomic mass is 19.1. The van der Waals surface area contributed by atoms with Crippen molar-refractivity contribution in [3.63, 3.8) is 0 Å². The highest BCUT2D eigenvalue weighted by Crippen LogP contribution is 2.25. The van der Waals surface area contributed by atoms with Gasteiger partial charge in [-0.15, -0.1) is 0 Å². The molecule has 1 heterocycles. The lowest BCUT2D eigenvalue weighted by molar-refractivity contribution is 0.0699. The van der Waals surface area contributed by atoms with Gasteiger partial charge in [0.15, 0.2) is 0 Å². The summed E-state index contributed by atoms with van der Waals surface area (Å²) in [5.74, 6) is -0.415. The van der Waals surface area contributed by atoms with Gasteiger partial charge in [0.25, 0.3) is 5.91 Å². The van der Waals surface area contributed by atoms with Crippen molar-refractivity contribution in [2.75, 3.05) is 13.1 Å². The van der Waals surface area contributed by atoms with Crippen molar-refractivity contribution >= 4 is 5.91 Å². The number of nitriles is 1. The summed E-state index contributed by atoms with van der Waals surface area (Å²) >= 11 is 0. The third kappa shape index (κ3) is 3.30. The van der Waals surface area contributed by atoms with Gasteiger partial charge in [0.1, 0.15) is 5.82 Å². The molecule has 1 saturated heterocycles. The number of benzene rings is 2. The van der Waals surface area contributed by atoms with E-state index in [0.29, 0.717) is 24.2 Å². The molecule has 0 N–H and O–H groups in total. The highest BCUT2D eigenvalue weighted by Gasteiger charge is 2.24. The topological polar surface area (TPSA) is 44.1 Å². The van der Waals surface area contributed by atoms with Crippen LogP contribution >= 0.6 is 0 Å². The molecule has 0 radical (unpaired) electrons. The molecule has 0 unspecified atom stereocenters. The van der Waals surface area contributed by atoms with Gasteiger partial charge in [0.2, 0.25) is 0 Å². The van der Waals surface area contributed by atoms with Crippen LogP contribution in [0.4, 0.5) is 4.39 Å². The molecular weight excluding hydrogens is 303 g/mol. The molecule has 1 aliphatic rings. The fourth-order valence-electron chi connectivity index (χ4n) is 3.10. The van der Waals surface area contributed by atoms with E-state index >= 15 is 0 Å². The smallest absolute Gasteiger partial charge is 0.253 e. The fourth-order valence-corrected chi connectivity index (χ4v) is 3.10. The number of carbonyl (C=O) groups excluding carboxylic acids is 1. The van der Waals surface area contributed by atoms with Gasteiger partial charge < -0.3 is 4.90 Å². The first-order chi connectivity index (χ1) is 11.6. The molecular formula is C20H19FN2O. The highest BCUT2D eigenvalue weighted by molar-refractivity contribution is 5.94. The molecule has 3 rings (SSSR count). The van der Waals surface area contributed by atoms with Gasteiger partial charge in [-0.2, -0.15) is 5.26 Å². The molecule has 2 aromatic rings. The Morgan fingerprint density at radius 3 is 2.71 bits per heavy atom. The second kappa shape index (κ2) is 6.84. The average molecular weight is 322 g/mol. The van der Waals surface area contributed by atoms with Crippen LogP contribution in [0.15, 0.2) is 42.5 Å². The average Bonchev–Trinajstić information content (AvgIpc) is 2.63. The number of piperidine rings is 1. The predicted octanol–water partition coefficient (Wildman–Crippen LogP) is 4.18. The number of hydrogen-bond donors (Lipinski definition) is 0. The van der Waals surface area contributed by atoms with Gasteiger partial charge in [0, 0.05) is 24.2 Å². The first-order valence-electron chi connectivity index (χ1n) is 8.14. The lowest BCUT2D eigenvalue weighted by Crippen LogP contribution is -2.39. The van der Waals surface area contributed by atoms with Crippen molar-refractivity contribution in [1.29, 1.82) is 5.26 Å². The van der Waals surface area contributed by atoms with Crippen LogP contribution in [0, 0.1) is 30.0 Å². The lowest BCUT2D eigenvalue weighted by atomic mass is 9.98. The summed E-state index contributed by atoms with van der Waals surface area (Å²) in [4.78, 5) is 14.3. The Kier molecular flexibility index (Phi) is 4.61. The number of nitrogens with zero attached hydrogens (tertiary/aromatic N) is 2. The van der Waals surface area contributed by atoms with E-state index in [4.69, 9.17) is 5.26 Å². The number of halogens is 1. The van der Waals surface area contributed by atoms with E-state index in [0.717, 1.165) is 24.0 Å². The van der Waals surface area contributed by atoms with Crippen LogP contribution in [0.3, 0.4) is 0 Å². The van der Waals surface area contributed by atoms with Crippen molar-refractivity contribution in [1.82, 2.24) is 4.90 Å². The lowest BCUT2D eigenvalue weighted by Gasteiger charge is -2.29. The molecule has 24 heavy (non-hydrogen) atoms. The molecule has 4 heteroatoms. The quantitative estimate of drug-likeness (QED) is 0.832. The summed E-state index contributed by atoms with van der Waals surface area (Å²) in [6.07, 6.45) is 1.71. The van der Waals surface area contributed by atoms with E-state index in [-0.39, 0.29) is 17.6 Å². The first kappa shape index (κ1) is 16.2. The van der Waals surface area contributed by atoms with Crippen molar-refractivity contribution in [2.24, 2.45) is 5.92 Å². The molecule has 0 bridgehead atoms. The van der Waals surface area contributed by atoms with Crippen LogP contribution in [0.1, 0.15) is 28.8 Å². The maximum Gasteiger partial charge on any atom is 0.253 e. The SMILES string of the molecule is Cc1ccc(F)c(-c2ccc(C(=O)N3CCC[C@H](C#N)C3)cc2)c1. The summed E-state index contributed by atoms with van der Waals surface area (Å²) in [6, 6.07) is 14.3. The second-order valence-corrected chi connectivity index (χ2v) is 6.28. The molecule has 1 amide bonds. The van der Waals surface area contributed by atoms with Crippen LogP contribution in [-0.4, -0.2) is 23.9 Å². The third-order valence-corrected chi connectivity index (χ3v) is 4.46. The minimum Gasteiger partial charge on any atom is -0.337 e. The number of hydrogen-bond acceptors (Lipinski definition) is 2. The Morgan fingerprint density at radius 2 is 2.00 bits per heavy atom. The van der Waals surface area contributed by atoms with E-state index in [1.807, 2.05) is 6.92 Å². The zero-order valence-corrected chi connectivity index (χ0v) is 13.6. The summed E-state index contributed by atoms with van der Waals surface area (Å²) < 4.78 is 14.0. The number of rotatable bonds is 2. The molecule has 3 nitrogen and oxygen atoms in total. The Morgan fingerprint density at radius 1 is 1.25 bits per heavy atom. The van der Waals surface area contributed by atoms with Crippen LogP contribution < -0.4 is 0 Å². The Balaban J connectivity index is 1.80. The third-order valence-electron chi connectivity index (χ3n) is 4.46. The molecule has 0 saturated carbocycles. The van der Waals surface area contributed by atoms with Gasteiger partial charge in [-0.3, -0.25) is 4.79 Å².